The number of nitrogens with one attached hydrogen (secondary N) is 2. The maximum absolute atomic E-state index is 16.5. The first-order chi connectivity index (χ1) is 19.3. The van der Waals surface area contributed by atoms with E-state index in [1.807, 2.05) is 11.9 Å². The molecular weight excluding hydrogens is 514 g/mol. The minimum absolute atomic E-state index is 0.0131. The zero-order valence-electron chi connectivity index (χ0n) is 22.5. The second kappa shape index (κ2) is 10.4. The van der Waals surface area contributed by atoms with Gasteiger partial charge in [-0.05, 0) is 37.9 Å². The molecule has 5 heterocycles. The van der Waals surface area contributed by atoms with Crippen molar-refractivity contribution in [3.05, 3.63) is 51.9 Å². The third-order valence-corrected chi connectivity index (χ3v) is 7.81. The Hall–Kier alpha value is -4.14. The Morgan fingerprint density at radius 2 is 2.00 bits per heavy atom. The van der Waals surface area contributed by atoms with E-state index in [4.69, 9.17) is 11.4 Å². The number of hydrogen-bond acceptors (Lipinski definition) is 8. The summed E-state index contributed by atoms with van der Waals surface area (Å²) >= 11 is 0. The van der Waals surface area contributed by atoms with Crippen LogP contribution in [0.15, 0.2) is 29.2 Å². The van der Waals surface area contributed by atoms with Crippen LogP contribution in [0, 0.1) is 24.0 Å². The van der Waals surface area contributed by atoms with E-state index in [-0.39, 0.29) is 27.9 Å². The molecular formula is C29H30F2N8O. The van der Waals surface area contributed by atoms with Crippen LogP contribution in [0.1, 0.15) is 18.4 Å². The van der Waals surface area contributed by atoms with Crippen molar-refractivity contribution < 1.29 is 8.78 Å². The molecule has 0 amide bonds. The van der Waals surface area contributed by atoms with E-state index in [0.29, 0.717) is 48.2 Å². The molecule has 0 bridgehead atoms. The van der Waals surface area contributed by atoms with E-state index in [2.05, 4.69) is 43.0 Å². The lowest BCUT2D eigenvalue weighted by molar-refractivity contribution is 0.311. The number of likely N-dealkylation sites (N-methyl/N-ethyl adjacent to an activating group) is 2. The molecule has 0 aliphatic carbocycles. The van der Waals surface area contributed by atoms with Gasteiger partial charge in [0.1, 0.15) is 22.8 Å². The van der Waals surface area contributed by atoms with Crippen molar-refractivity contribution in [1.29, 1.82) is 0 Å². The summed E-state index contributed by atoms with van der Waals surface area (Å²) in [7, 11) is 3.99. The molecule has 0 saturated carbocycles. The molecule has 11 heteroatoms. The molecule has 0 radical (unpaired) electrons. The SMILES string of the molecule is C#Cc1c(F)ccc2cc(=O)[nH]c(-c3ncc4c(N(C)C[C@@H]5CCCN5)nc(N5CCN(C)CC5)nc4c3F)c12. The van der Waals surface area contributed by atoms with Crippen molar-refractivity contribution in [3.63, 3.8) is 0 Å². The second-order valence-electron chi connectivity index (χ2n) is 10.5. The van der Waals surface area contributed by atoms with Crippen molar-refractivity contribution in [2.45, 2.75) is 18.9 Å². The number of anilines is 2. The Labute approximate surface area is 230 Å². The first kappa shape index (κ1) is 26.1. The Morgan fingerprint density at radius 3 is 2.73 bits per heavy atom. The Bertz CT molecular complexity index is 1700. The van der Waals surface area contributed by atoms with E-state index in [1.165, 1.54) is 24.4 Å². The normalized spacial score (nSPS) is 18.0. The van der Waals surface area contributed by atoms with E-state index in [0.717, 1.165) is 32.5 Å². The summed E-state index contributed by atoms with van der Waals surface area (Å²) in [5, 5.41) is 4.55. The number of aromatic amines is 1. The molecule has 40 heavy (non-hydrogen) atoms. The van der Waals surface area contributed by atoms with Crippen LogP contribution in [-0.2, 0) is 0 Å². The number of nitrogens with zero attached hydrogens (tertiary/aromatic N) is 6. The fourth-order valence-electron chi connectivity index (χ4n) is 5.64. The zero-order valence-corrected chi connectivity index (χ0v) is 22.5. The Morgan fingerprint density at radius 1 is 1.20 bits per heavy atom. The lowest BCUT2D eigenvalue weighted by Crippen LogP contribution is -2.45. The molecule has 9 nitrogen and oxygen atoms in total. The summed E-state index contributed by atoms with van der Waals surface area (Å²) in [6.07, 6.45) is 9.30. The number of hydrogen-bond donors (Lipinski definition) is 2. The summed E-state index contributed by atoms with van der Waals surface area (Å²) in [5.74, 6) is 1.97. The first-order valence-corrected chi connectivity index (χ1v) is 13.4. The topological polar surface area (TPSA) is 93.3 Å². The molecule has 1 atom stereocenters. The highest BCUT2D eigenvalue weighted by atomic mass is 19.1. The maximum atomic E-state index is 16.5. The zero-order chi connectivity index (χ0) is 28.0. The number of rotatable bonds is 5. The summed E-state index contributed by atoms with van der Waals surface area (Å²) < 4.78 is 31.2. The predicted molar refractivity (Wildman–Crippen MR) is 153 cm³/mol. The fourth-order valence-corrected chi connectivity index (χ4v) is 5.64. The van der Waals surface area contributed by atoms with Gasteiger partial charge in [-0.1, -0.05) is 12.0 Å². The molecule has 6 rings (SSSR count). The van der Waals surface area contributed by atoms with Gasteiger partial charge in [-0.2, -0.15) is 4.98 Å². The minimum Gasteiger partial charge on any atom is -0.357 e. The van der Waals surface area contributed by atoms with Crippen LogP contribution < -0.4 is 20.7 Å². The van der Waals surface area contributed by atoms with Gasteiger partial charge in [-0.3, -0.25) is 9.78 Å². The second-order valence-corrected chi connectivity index (χ2v) is 10.5. The van der Waals surface area contributed by atoms with Crippen LogP contribution >= 0.6 is 0 Å². The molecule has 2 fully saturated rings. The molecule has 0 spiro atoms. The number of fused-ring (bicyclic) bond motifs is 2. The van der Waals surface area contributed by atoms with Crippen molar-refractivity contribution in [1.82, 2.24) is 30.2 Å². The van der Waals surface area contributed by atoms with Crippen LogP contribution in [-0.4, -0.2) is 84.2 Å². The predicted octanol–water partition coefficient (Wildman–Crippen LogP) is 2.73. The molecule has 3 aromatic heterocycles. The van der Waals surface area contributed by atoms with Gasteiger partial charge in [-0.15, -0.1) is 6.42 Å². The third-order valence-electron chi connectivity index (χ3n) is 7.81. The molecule has 1 aromatic carbocycles. The number of terminal acetylenes is 1. The van der Waals surface area contributed by atoms with Gasteiger partial charge in [0.05, 0.1) is 16.6 Å². The van der Waals surface area contributed by atoms with Gasteiger partial charge >= 0.3 is 0 Å². The number of aromatic nitrogens is 4. The lowest BCUT2D eigenvalue weighted by Gasteiger charge is -2.33. The molecule has 4 aromatic rings. The van der Waals surface area contributed by atoms with Gasteiger partial charge in [0.15, 0.2) is 5.82 Å². The molecule has 2 aliphatic rings. The highest BCUT2D eigenvalue weighted by Gasteiger charge is 2.26. The molecule has 0 unspecified atom stereocenters. The minimum atomic E-state index is -0.737. The van der Waals surface area contributed by atoms with Crippen molar-refractivity contribution in [2.24, 2.45) is 0 Å². The molecule has 206 valence electrons. The van der Waals surface area contributed by atoms with Crippen molar-refractivity contribution in [3.8, 4) is 23.7 Å². The third kappa shape index (κ3) is 4.63. The molecule has 2 aliphatic heterocycles. The highest BCUT2D eigenvalue weighted by molar-refractivity contribution is 6.00. The standard InChI is InChI=1S/C29H30F2N8O/c1-4-19-21(30)8-7-17-14-22(40)34-26(23(17)19)27-24(31)25-20(15-33-27)28(38(3)16-18-6-5-9-32-18)36-29(35-25)39-12-10-37(2)11-13-39/h1,7-8,14-15,18,32H,5-6,9-13,16H2,2-3H3,(H,34,40)/t18-/m0/s1. The highest BCUT2D eigenvalue weighted by Crippen LogP contribution is 2.35. The summed E-state index contributed by atoms with van der Waals surface area (Å²) in [4.78, 5) is 35.5. The monoisotopic (exact) mass is 544 g/mol. The van der Waals surface area contributed by atoms with Crippen molar-refractivity contribution in [2.75, 3.05) is 63.2 Å². The van der Waals surface area contributed by atoms with Gasteiger partial charge in [-0.25, -0.2) is 13.8 Å². The summed E-state index contributed by atoms with van der Waals surface area (Å²) in [6.45, 7) is 4.74. The largest absolute Gasteiger partial charge is 0.357 e. The van der Waals surface area contributed by atoms with Crippen molar-refractivity contribution >= 4 is 33.4 Å². The van der Waals surface area contributed by atoms with E-state index < -0.39 is 17.2 Å². The van der Waals surface area contributed by atoms with Crippen LogP contribution in [0.5, 0.6) is 0 Å². The first-order valence-electron chi connectivity index (χ1n) is 13.4. The average molecular weight is 545 g/mol. The number of H-pyrrole nitrogens is 1. The number of halogens is 2. The maximum Gasteiger partial charge on any atom is 0.249 e. The van der Waals surface area contributed by atoms with Crippen LogP contribution in [0.4, 0.5) is 20.5 Å². The van der Waals surface area contributed by atoms with Gasteiger partial charge in [0.25, 0.3) is 0 Å². The van der Waals surface area contributed by atoms with E-state index >= 15 is 4.39 Å². The molecule has 2 N–H and O–H groups in total. The smallest absolute Gasteiger partial charge is 0.249 e. The van der Waals surface area contributed by atoms with E-state index in [1.54, 1.807) is 0 Å². The van der Waals surface area contributed by atoms with Gasteiger partial charge < -0.3 is 25.0 Å². The fraction of sp³-hybridized carbons (Fsp3) is 0.379. The number of pyridine rings is 2. The van der Waals surface area contributed by atoms with E-state index in [9.17, 15) is 9.18 Å². The van der Waals surface area contributed by atoms with Crippen LogP contribution in [0.3, 0.4) is 0 Å². The average Bonchev–Trinajstić information content (AvgIpc) is 3.46. The van der Waals surface area contributed by atoms with Gasteiger partial charge in [0.2, 0.25) is 11.5 Å². The lowest BCUT2D eigenvalue weighted by atomic mass is 10.0. The number of benzene rings is 1. The summed E-state index contributed by atoms with van der Waals surface area (Å²) in [6, 6.07) is 4.25. The van der Waals surface area contributed by atoms with Crippen LogP contribution in [0.25, 0.3) is 33.1 Å². The summed E-state index contributed by atoms with van der Waals surface area (Å²) in [5.41, 5.74) is -0.628. The molecule has 2 saturated heterocycles. The van der Waals surface area contributed by atoms with Crippen LogP contribution in [0.2, 0.25) is 0 Å². The Balaban J connectivity index is 1.56. The van der Waals surface area contributed by atoms with Gasteiger partial charge in [0, 0.05) is 63.5 Å². The Kier molecular flexibility index (Phi) is 6.82. The quantitative estimate of drug-likeness (QED) is 0.371. The number of piperazine rings is 1.